The van der Waals surface area contributed by atoms with Gasteiger partial charge in [0.2, 0.25) is 45.6 Å². The first-order valence-corrected chi connectivity index (χ1v) is 32.2. The van der Waals surface area contributed by atoms with Gasteiger partial charge in [-0.15, -0.1) is 0 Å². The van der Waals surface area contributed by atoms with E-state index in [4.69, 9.17) is 17.7 Å². The molecule has 16 aromatic rings. The number of aryl methyl sites for hydroxylation is 15. The molecule has 94 heavy (non-hydrogen) atoms. The van der Waals surface area contributed by atoms with E-state index >= 15 is 0 Å². The lowest BCUT2D eigenvalue weighted by molar-refractivity contribution is -0.660. The minimum absolute atomic E-state index is 0.486. The van der Waals surface area contributed by atoms with Crippen molar-refractivity contribution in [1.29, 1.82) is 0 Å². The summed E-state index contributed by atoms with van der Waals surface area (Å²) >= 11 is 0. The van der Waals surface area contributed by atoms with Gasteiger partial charge in [0, 0.05) is 113 Å². The summed E-state index contributed by atoms with van der Waals surface area (Å²) in [5.41, 5.74) is 29.5. The van der Waals surface area contributed by atoms with Crippen LogP contribution in [0, 0.1) is 76.2 Å². The first-order chi connectivity index (χ1) is 45.1. The van der Waals surface area contributed by atoms with Crippen LogP contribution in [0.25, 0.3) is 133 Å². The number of fused-ring (bicyclic) bond motifs is 12. The normalized spacial score (nSPS) is 11.6. The molecule has 0 aliphatic carbocycles. The monoisotopic (exact) mass is 1240 g/mol. The van der Waals surface area contributed by atoms with Crippen molar-refractivity contribution in [1.82, 2.24) is 19.9 Å². The number of furan rings is 4. The molecule has 12 heterocycles. The molecule has 468 valence electrons. The Kier molecular flexibility index (Phi) is 16.3. The Morgan fingerprint density at radius 1 is 0.298 bits per heavy atom. The van der Waals surface area contributed by atoms with Crippen molar-refractivity contribution >= 4 is 88.3 Å². The van der Waals surface area contributed by atoms with Crippen LogP contribution in [0.1, 0.15) is 87.0 Å². The van der Waals surface area contributed by atoms with Gasteiger partial charge in [-0.05, 0) is 176 Å². The van der Waals surface area contributed by atoms with Crippen LogP contribution in [0.5, 0.6) is 0 Å². The maximum absolute atomic E-state index is 6.23. The molecule has 0 spiro atoms. The molecule has 16 rings (SSSR count). The second-order valence-corrected chi connectivity index (χ2v) is 25.8. The van der Waals surface area contributed by atoms with Crippen molar-refractivity contribution in [2.75, 3.05) is 0 Å². The van der Waals surface area contributed by atoms with Gasteiger partial charge in [-0.2, -0.15) is 0 Å². The molecule has 0 aliphatic heterocycles. The van der Waals surface area contributed by atoms with Crippen molar-refractivity contribution < 1.29 is 35.9 Å². The molecular weight excluding hydrogens is 1160 g/mol. The SMILES string of the molecule is Cc1ccc(-c2c(C)ccc3c2oc2nc(C)ccc23)[n+](C)c1.Cc1ccc2c(n1)oc1c(-c3cc(C(C)C)cc[n+]3C)c(C)ccc12.Cc1ccc2c(n1)oc1c(-c3cc(C)c(C)c[n+]3C)c(C)ccc12.Cc1ccc2c(n1)oc1c(-c3cccc[n+]3C)c(C)ccc12. The standard InChI is InChI=1S/C22H23N2O.C21H21N2O.C20H19N2O.C19H17N2O/c1-13(2)16-10-11-24(5)19(12-16)20-14(3)6-8-17-18-9-7-15(4)23-22(18)25-21(17)20;1-12-6-8-16-17-9-7-15(4)22-21(17)24-20(16)19(12)18-10-13(2)14(3)11-23(18)5;1-12-5-10-17(22(4)11-12)18-13(2)6-8-15-16-9-7-14(3)21-20(16)23-19(15)18;1-12-7-9-14-15-10-8-13(2)20-19(15)22-18(14)17(12)16-6-4-5-11-21(16)3/h6-13H,1-5H3;6-11H,1-5H3;5-11H,1-4H3;4-11H,1-3H3/q4*+1. The zero-order valence-electron chi connectivity index (χ0n) is 57.0. The number of aromatic nitrogens is 8. The van der Waals surface area contributed by atoms with Crippen molar-refractivity contribution in [3.63, 3.8) is 0 Å². The number of benzene rings is 4. The summed E-state index contributed by atoms with van der Waals surface area (Å²) in [7, 11) is 8.30. The van der Waals surface area contributed by atoms with Gasteiger partial charge in [0.05, 0.1) is 22.3 Å². The number of pyridine rings is 8. The second kappa shape index (κ2) is 24.7. The average Bonchev–Trinajstić information content (AvgIpc) is 1.60. The Morgan fingerprint density at radius 3 is 1.03 bits per heavy atom. The van der Waals surface area contributed by atoms with Gasteiger partial charge in [-0.25, -0.2) is 38.2 Å². The Bertz CT molecular complexity index is 5680. The first-order valence-electron chi connectivity index (χ1n) is 32.2. The van der Waals surface area contributed by atoms with Crippen LogP contribution >= 0.6 is 0 Å². The highest BCUT2D eigenvalue weighted by Crippen LogP contribution is 2.41. The average molecular weight is 1240 g/mol. The van der Waals surface area contributed by atoms with E-state index in [1.54, 1.807) is 0 Å². The van der Waals surface area contributed by atoms with Crippen molar-refractivity contribution in [2.24, 2.45) is 28.2 Å². The summed E-state index contributed by atoms with van der Waals surface area (Å²) in [6.45, 7) is 27.3. The summed E-state index contributed by atoms with van der Waals surface area (Å²) in [5.74, 6) is 0.486. The summed E-state index contributed by atoms with van der Waals surface area (Å²) < 4.78 is 33.3. The van der Waals surface area contributed by atoms with Crippen LogP contribution < -0.4 is 18.3 Å². The van der Waals surface area contributed by atoms with E-state index in [-0.39, 0.29) is 0 Å². The smallest absolute Gasteiger partial charge is 0.227 e. The highest BCUT2D eigenvalue weighted by atomic mass is 16.4. The van der Waals surface area contributed by atoms with E-state index in [2.05, 4.69) is 269 Å². The van der Waals surface area contributed by atoms with Crippen LogP contribution in [0.3, 0.4) is 0 Å². The molecule has 0 amide bonds. The van der Waals surface area contributed by atoms with E-state index in [1.807, 2.05) is 58.0 Å². The van der Waals surface area contributed by atoms with Gasteiger partial charge in [0.25, 0.3) is 0 Å². The molecular formula is C82H80N8O4+4. The fourth-order valence-corrected chi connectivity index (χ4v) is 13.0. The lowest BCUT2D eigenvalue weighted by Gasteiger charge is -2.09. The molecule has 0 radical (unpaired) electrons. The minimum atomic E-state index is 0.486. The number of rotatable bonds is 5. The molecule has 0 saturated carbocycles. The molecule has 12 aromatic heterocycles. The van der Waals surface area contributed by atoms with Crippen LogP contribution in [0.4, 0.5) is 0 Å². The van der Waals surface area contributed by atoms with E-state index in [0.29, 0.717) is 28.8 Å². The van der Waals surface area contributed by atoms with Crippen LogP contribution in [0.15, 0.2) is 188 Å². The van der Waals surface area contributed by atoms with Crippen molar-refractivity contribution in [3.8, 4) is 45.0 Å². The van der Waals surface area contributed by atoms with Crippen LogP contribution in [-0.2, 0) is 28.2 Å². The Balaban J connectivity index is 0.000000114. The molecule has 0 bridgehead atoms. The molecule has 0 fully saturated rings. The highest BCUT2D eigenvalue weighted by Gasteiger charge is 2.26. The summed E-state index contributed by atoms with van der Waals surface area (Å²) in [6, 6.07) is 50.9. The van der Waals surface area contributed by atoms with Gasteiger partial charge in [0.15, 0.2) is 47.1 Å². The molecule has 4 aromatic carbocycles. The Labute approximate surface area is 548 Å². The zero-order chi connectivity index (χ0) is 66.1. The second-order valence-electron chi connectivity index (χ2n) is 25.8. The molecule has 0 unspecified atom stereocenters. The lowest BCUT2D eigenvalue weighted by Crippen LogP contribution is -2.31. The summed E-state index contributed by atoms with van der Waals surface area (Å²) in [6.07, 6.45) is 8.50. The summed E-state index contributed by atoms with van der Waals surface area (Å²) in [5, 5.41) is 8.77. The molecule has 0 aliphatic rings. The largest absolute Gasteiger partial charge is 0.437 e. The third-order valence-electron chi connectivity index (χ3n) is 18.4. The number of nitrogens with zero attached hydrogens (tertiary/aromatic N) is 8. The van der Waals surface area contributed by atoms with Gasteiger partial charge in [-0.1, -0.05) is 62.4 Å². The fraction of sp³-hybridized carbons (Fsp3) is 0.220. The topological polar surface area (TPSA) is 120 Å². The Hall–Kier alpha value is -10.7. The highest BCUT2D eigenvalue weighted by molar-refractivity contribution is 6.12. The quantitative estimate of drug-likeness (QED) is 0.156. The molecule has 12 nitrogen and oxygen atoms in total. The molecule has 12 heteroatoms. The van der Waals surface area contributed by atoms with E-state index in [9.17, 15) is 0 Å². The third-order valence-corrected chi connectivity index (χ3v) is 18.4. The molecule has 0 saturated heterocycles. The predicted molar refractivity (Wildman–Crippen MR) is 379 cm³/mol. The maximum atomic E-state index is 6.23. The summed E-state index contributed by atoms with van der Waals surface area (Å²) in [4.78, 5) is 18.2. The Morgan fingerprint density at radius 2 is 0.649 bits per heavy atom. The van der Waals surface area contributed by atoms with Crippen molar-refractivity contribution in [2.45, 2.75) is 95.9 Å². The van der Waals surface area contributed by atoms with E-state index < -0.39 is 0 Å². The maximum Gasteiger partial charge on any atom is 0.227 e. The van der Waals surface area contributed by atoms with Gasteiger partial charge < -0.3 is 17.7 Å². The van der Waals surface area contributed by atoms with Crippen LogP contribution in [-0.4, -0.2) is 19.9 Å². The van der Waals surface area contributed by atoms with Gasteiger partial charge in [0.1, 0.15) is 28.2 Å². The fourth-order valence-electron chi connectivity index (χ4n) is 13.0. The minimum Gasteiger partial charge on any atom is -0.437 e. The number of hydrogen-bond donors (Lipinski definition) is 0. The molecule has 0 atom stereocenters. The van der Waals surface area contributed by atoms with E-state index in [1.165, 1.54) is 50.2 Å². The van der Waals surface area contributed by atoms with Gasteiger partial charge >= 0.3 is 0 Å². The van der Waals surface area contributed by atoms with Crippen LogP contribution in [0.2, 0.25) is 0 Å². The zero-order valence-corrected chi connectivity index (χ0v) is 57.0. The van der Waals surface area contributed by atoms with Gasteiger partial charge in [-0.3, -0.25) is 0 Å². The predicted octanol–water partition coefficient (Wildman–Crippen LogP) is 18.4. The number of hydrogen-bond acceptors (Lipinski definition) is 8. The first kappa shape index (κ1) is 62.1. The third kappa shape index (κ3) is 11.4. The molecule has 0 N–H and O–H groups in total. The van der Waals surface area contributed by atoms with E-state index in [0.717, 1.165) is 128 Å². The van der Waals surface area contributed by atoms with Crippen molar-refractivity contribution in [3.05, 3.63) is 238 Å². The lowest BCUT2D eigenvalue weighted by atomic mass is 9.97.